The van der Waals surface area contributed by atoms with Crippen LogP contribution in [0, 0.1) is 53.3 Å². The first kappa shape index (κ1) is 28.0. The SMILES string of the molecule is Cc1cc(=O)oc2cc(NC(=O)CC[C@@H](C)[C@H]3CCC4C5CC[C@@H]6C[C@H](O)CC[C@]6(C)[C@H]5CC(O)[C@@]43C)ccc12. The maximum atomic E-state index is 12.9. The summed E-state index contributed by atoms with van der Waals surface area (Å²) in [4.78, 5) is 24.7. The van der Waals surface area contributed by atoms with E-state index in [1.807, 2.05) is 19.1 Å². The van der Waals surface area contributed by atoms with E-state index < -0.39 is 0 Å². The van der Waals surface area contributed by atoms with Crippen LogP contribution in [0.5, 0.6) is 0 Å². The molecule has 1 aromatic heterocycles. The Balaban J connectivity index is 1.11. The van der Waals surface area contributed by atoms with Gasteiger partial charge in [-0.3, -0.25) is 4.79 Å². The Morgan fingerprint density at radius 2 is 1.88 bits per heavy atom. The van der Waals surface area contributed by atoms with Crippen molar-refractivity contribution in [1.29, 1.82) is 0 Å². The van der Waals surface area contributed by atoms with Crippen LogP contribution in [-0.2, 0) is 4.79 Å². The van der Waals surface area contributed by atoms with Crippen LogP contribution in [0.2, 0.25) is 0 Å². The van der Waals surface area contributed by atoms with Crippen LogP contribution in [0.15, 0.2) is 33.5 Å². The van der Waals surface area contributed by atoms with Crippen molar-refractivity contribution in [3.63, 3.8) is 0 Å². The van der Waals surface area contributed by atoms with E-state index in [-0.39, 0.29) is 34.6 Å². The molecule has 1 heterocycles. The van der Waals surface area contributed by atoms with E-state index in [4.69, 9.17) is 4.42 Å². The predicted molar refractivity (Wildman–Crippen MR) is 157 cm³/mol. The highest BCUT2D eigenvalue weighted by Gasteiger charge is 2.63. The number of anilines is 1. The zero-order chi connectivity index (χ0) is 28.4. The summed E-state index contributed by atoms with van der Waals surface area (Å²) in [5.41, 5.74) is 1.75. The third-order valence-corrected chi connectivity index (χ3v) is 12.6. The molecule has 0 radical (unpaired) electrons. The number of rotatable bonds is 5. The summed E-state index contributed by atoms with van der Waals surface area (Å²) in [7, 11) is 0. The lowest BCUT2D eigenvalue weighted by Crippen LogP contribution is -2.58. The Hall–Kier alpha value is -2.18. The Bertz CT molecular complexity index is 1340. The van der Waals surface area contributed by atoms with Crippen molar-refractivity contribution >= 4 is 22.6 Å². The zero-order valence-electron chi connectivity index (χ0n) is 24.6. The number of amides is 1. The van der Waals surface area contributed by atoms with Gasteiger partial charge in [0.25, 0.3) is 0 Å². The number of fused-ring (bicyclic) bond motifs is 6. The van der Waals surface area contributed by atoms with Crippen LogP contribution in [0.3, 0.4) is 0 Å². The van der Waals surface area contributed by atoms with Gasteiger partial charge in [-0.05, 0) is 129 Å². The maximum Gasteiger partial charge on any atom is 0.336 e. The predicted octanol–water partition coefficient (Wildman–Crippen LogP) is 6.45. The maximum absolute atomic E-state index is 12.9. The number of aryl methyl sites for hydroxylation is 1. The summed E-state index contributed by atoms with van der Waals surface area (Å²) >= 11 is 0. The topological polar surface area (TPSA) is 99.8 Å². The average Bonchev–Trinajstić information content (AvgIpc) is 3.27. The van der Waals surface area contributed by atoms with Gasteiger partial charge >= 0.3 is 5.63 Å². The minimum Gasteiger partial charge on any atom is -0.423 e. The molecule has 1 amide bonds. The summed E-state index contributed by atoms with van der Waals surface area (Å²) in [6.07, 6.45) is 9.36. The molecule has 218 valence electrons. The van der Waals surface area contributed by atoms with Crippen LogP contribution in [0.25, 0.3) is 11.0 Å². The molecule has 0 saturated heterocycles. The molecule has 0 bridgehead atoms. The number of carbonyl (C=O) groups excluding carboxylic acids is 1. The molecule has 1 aromatic carbocycles. The van der Waals surface area contributed by atoms with Crippen LogP contribution in [-0.4, -0.2) is 28.3 Å². The number of aliphatic hydroxyl groups excluding tert-OH is 2. The normalized spacial score (nSPS) is 39.7. The zero-order valence-corrected chi connectivity index (χ0v) is 24.6. The van der Waals surface area contributed by atoms with Crippen LogP contribution >= 0.6 is 0 Å². The quantitative estimate of drug-likeness (QED) is 0.372. The third kappa shape index (κ3) is 4.54. The minimum absolute atomic E-state index is 0.0316. The van der Waals surface area contributed by atoms with E-state index in [0.717, 1.165) is 49.5 Å². The fourth-order valence-corrected chi connectivity index (χ4v) is 10.3. The molecule has 0 aliphatic heterocycles. The van der Waals surface area contributed by atoms with Gasteiger partial charge in [0.05, 0.1) is 12.2 Å². The van der Waals surface area contributed by atoms with Crippen molar-refractivity contribution in [3.05, 3.63) is 40.2 Å². The van der Waals surface area contributed by atoms with Gasteiger partial charge in [0.2, 0.25) is 5.91 Å². The molecule has 4 aliphatic rings. The Morgan fingerprint density at radius 3 is 2.67 bits per heavy atom. The molecule has 4 saturated carbocycles. The average molecular weight is 550 g/mol. The molecular formula is C34H47NO5. The second-order valence-corrected chi connectivity index (χ2v) is 14.4. The van der Waals surface area contributed by atoms with Crippen molar-refractivity contribution in [2.45, 2.75) is 104 Å². The first-order valence-corrected chi connectivity index (χ1v) is 15.7. The van der Waals surface area contributed by atoms with Crippen LogP contribution in [0.1, 0.15) is 90.5 Å². The summed E-state index contributed by atoms with van der Waals surface area (Å²) < 4.78 is 5.34. The molecule has 6 rings (SSSR count). The van der Waals surface area contributed by atoms with Crippen molar-refractivity contribution in [2.24, 2.45) is 46.3 Å². The van der Waals surface area contributed by atoms with Gasteiger partial charge in [-0.2, -0.15) is 0 Å². The summed E-state index contributed by atoms with van der Waals surface area (Å²) in [5.74, 6) is 3.09. The lowest BCUT2D eigenvalue weighted by Gasteiger charge is -2.62. The molecule has 10 atom stereocenters. The number of aliphatic hydroxyl groups is 2. The second-order valence-electron chi connectivity index (χ2n) is 14.4. The van der Waals surface area contributed by atoms with Gasteiger partial charge < -0.3 is 19.9 Å². The molecule has 3 unspecified atom stereocenters. The third-order valence-electron chi connectivity index (χ3n) is 12.6. The van der Waals surface area contributed by atoms with E-state index in [2.05, 4.69) is 26.1 Å². The lowest BCUT2D eigenvalue weighted by molar-refractivity contribution is -0.174. The Labute approximate surface area is 237 Å². The number of hydrogen-bond acceptors (Lipinski definition) is 5. The van der Waals surface area contributed by atoms with Gasteiger partial charge in [-0.15, -0.1) is 0 Å². The lowest BCUT2D eigenvalue weighted by atomic mass is 9.43. The molecule has 40 heavy (non-hydrogen) atoms. The van der Waals surface area contributed by atoms with Crippen molar-refractivity contribution in [2.75, 3.05) is 5.32 Å². The van der Waals surface area contributed by atoms with E-state index in [0.29, 0.717) is 53.2 Å². The largest absolute Gasteiger partial charge is 0.423 e. The van der Waals surface area contributed by atoms with Crippen molar-refractivity contribution in [3.8, 4) is 0 Å². The molecule has 3 N–H and O–H groups in total. The fraction of sp³-hybridized carbons (Fsp3) is 0.706. The summed E-state index contributed by atoms with van der Waals surface area (Å²) in [5, 5.41) is 26.0. The molecular weight excluding hydrogens is 502 g/mol. The molecule has 2 aromatic rings. The molecule has 4 fully saturated rings. The molecule has 0 spiro atoms. The van der Waals surface area contributed by atoms with Gasteiger partial charge in [-0.25, -0.2) is 4.79 Å². The van der Waals surface area contributed by atoms with Crippen LogP contribution < -0.4 is 10.9 Å². The number of benzene rings is 1. The van der Waals surface area contributed by atoms with E-state index >= 15 is 0 Å². The van der Waals surface area contributed by atoms with E-state index in [1.54, 1.807) is 6.07 Å². The number of carbonyl (C=O) groups is 1. The van der Waals surface area contributed by atoms with Gasteiger partial charge in [0.15, 0.2) is 0 Å². The van der Waals surface area contributed by atoms with Crippen molar-refractivity contribution < 1.29 is 19.4 Å². The van der Waals surface area contributed by atoms with Gasteiger partial charge in [0, 0.05) is 29.6 Å². The van der Waals surface area contributed by atoms with Gasteiger partial charge in [0.1, 0.15) is 5.58 Å². The van der Waals surface area contributed by atoms with Gasteiger partial charge in [-0.1, -0.05) is 20.8 Å². The number of hydrogen-bond donors (Lipinski definition) is 3. The molecule has 4 aliphatic carbocycles. The first-order chi connectivity index (χ1) is 19.0. The number of nitrogens with one attached hydrogen (secondary N) is 1. The van der Waals surface area contributed by atoms with E-state index in [9.17, 15) is 19.8 Å². The summed E-state index contributed by atoms with van der Waals surface area (Å²) in [6, 6.07) is 6.94. The minimum atomic E-state index is -0.387. The summed E-state index contributed by atoms with van der Waals surface area (Å²) in [6.45, 7) is 8.98. The highest BCUT2D eigenvalue weighted by molar-refractivity contribution is 5.93. The standard InChI is InChI=1S/C34H47NO5/c1-19(5-12-31(38)35-22-7-9-24-20(2)15-32(39)40-29(24)17-22)26-10-11-27-25-8-6-21-16-23(36)13-14-33(21,3)28(25)18-30(37)34(26,27)4/h7,9,15,17,19,21,23,25-28,30,36-37H,5-6,8,10-14,16,18H2,1-4H3,(H,35,38)/t19-,21-,23-,25?,26-,27?,28+,30?,33+,34-/m1/s1. The molecule has 6 nitrogen and oxygen atoms in total. The Kier molecular flexibility index (Phi) is 7.18. The van der Waals surface area contributed by atoms with Crippen LogP contribution in [0.4, 0.5) is 5.69 Å². The van der Waals surface area contributed by atoms with E-state index in [1.165, 1.54) is 25.3 Å². The smallest absolute Gasteiger partial charge is 0.336 e. The highest BCUT2D eigenvalue weighted by atomic mass is 16.4. The fourth-order valence-electron chi connectivity index (χ4n) is 10.3. The monoisotopic (exact) mass is 549 g/mol. The van der Waals surface area contributed by atoms with Crippen molar-refractivity contribution in [1.82, 2.24) is 0 Å². The first-order valence-electron chi connectivity index (χ1n) is 15.7. The second kappa shape index (κ2) is 10.3. The molecule has 6 heteroatoms. The highest BCUT2D eigenvalue weighted by Crippen LogP contribution is 2.68. The Morgan fingerprint density at radius 1 is 1.07 bits per heavy atom.